The van der Waals surface area contributed by atoms with Gasteiger partial charge in [-0.2, -0.15) is 0 Å². The van der Waals surface area contributed by atoms with Crippen LogP contribution < -0.4 is 10.1 Å². The molecule has 144 valence electrons. The largest absolute Gasteiger partial charge is 0.497 e. The summed E-state index contributed by atoms with van der Waals surface area (Å²) in [6, 6.07) is 5.66. The maximum atomic E-state index is 12.7. The Labute approximate surface area is 156 Å². The first-order valence-corrected chi connectivity index (χ1v) is 9.55. The number of carbonyl (C=O) groups excluding carboxylic acids is 2. The van der Waals surface area contributed by atoms with Crippen LogP contribution in [0.4, 0.5) is 0 Å². The molecule has 0 atom stereocenters. The summed E-state index contributed by atoms with van der Waals surface area (Å²) in [5.41, 5.74) is 1.06. The van der Waals surface area contributed by atoms with E-state index in [4.69, 9.17) is 9.47 Å². The molecule has 0 bridgehead atoms. The van der Waals surface area contributed by atoms with Gasteiger partial charge in [0.05, 0.1) is 20.1 Å². The van der Waals surface area contributed by atoms with Crippen molar-refractivity contribution >= 4 is 11.9 Å². The lowest BCUT2D eigenvalue weighted by Gasteiger charge is -2.38. The summed E-state index contributed by atoms with van der Waals surface area (Å²) < 4.78 is 10.5. The number of carbonyl (C=O) groups is 2. The second kappa shape index (κ2) is 9.06. The number of hydrogen-bond donors (Lipinski definition) is 1. The number of methoxy groups -OCH3 is 1. The van der Waals surface area contributed by atoms with E-state index >= 15 is 0 Å². The highest BCUT2D eigenvalue weighted by atomic mass is 16.5. The van der Waals surface area contributed by atoms with Crippen molar-refractivity contribution in [3.63, 3.8) is 0 Å². The minimum absolute atomic E-state index is 0.138. The highest BCUT2D eigenvalue weighted by molar-refractivity contribution is 5.89. The Morgan fingerprint density at radius 3 is 2.46 bits per heavy atom. The molecule has 26 heavy (non-hydrogen) atoms. The molecule has 0 heterocycles. The van der Waals surface area contributed by atoms with Gasteiger partial charge in [0.25, 0.3) is 0 Å². The molecule has 5 heteroatoms. The van der Waals surface area contributed by atoms with Crippen LogP contribution in [0.1, 0.15) is 57.1 Å². The number of aryl methyl sites for hydroxylation is 1. The zero-order chi connectivity index (χ0) is 19.2. The van der Waals surface area contributed by atoms with Crippen molar-refractivity contribution in [2.45, 2.75) is 64.8 Å². The Kier molecular flexibility index (Phi) is 7.06. The molecule has 1 saturated carbocycles. The van der Waals surface area contributed by atoms with Crippen LogP contribution in [0.5, 0.6) is 5.75 Å². The highest BCUT2D eigenvalue weighted by Gasteiger charge is 2.44. The van der Waals surface area contributed by atoms with E-state index < -0.39 is 5.54 Å². The van der Waals surface area contributed by atoms with Gasteiger partial charge in [-0.15, -0.1) is 0 Å². The summed E-state index contributed by atoms with van der Waals surface area (Å²) in [7, 11) is 1.62. The third kappa shape index (κ3) is 4.77. The zero-order valence-corrected chi connectivity index (χ0v) is 16.4. The van der Waals surface area contributed by atoms with Gasteiger partial charge in [0.15, 0.2) is 0 Å². The van der Waals surface area contributed by atoms with E-state index in [1.807, 2.05) is 25.1 Å². The van der Waals surface area contributed by atoms with Crippen molar-refractivity contribution in [1.82, 2.24) is 5.32 Å². The van der Waals surface area contributed by atoms with Crippen LogP contribution in [0.15, 0.2) is 18.2 Å². The molecule has 1 amide bonds. The standard InChI is InChI=1S/C21H31NO4/c1-5-16-9-11-21(12-10-16,20(24)26-6-2)22-19(23)14-17-7-8-18(25-4)13-15(17)3/h7-8,13,16H,5-6,9-12,14H2,1-4H3,(H,22,23). The Hall–Kier alpha value is -2.04. The Morgan fingerprint density at radius 2 is 1.92 bits per heavy atom. The molecule has 2 rings (SSSR count). The average molecular weight is 361 g/mol. The molecule has 1 aliphatic carbocycles. The SMILES string of the molecule is CCOC(=O)C1(NC(=O)Cc2ccc(OC)cc2C)CCC(CC)CC1. The van der Waals surface area contributed by atoms with Crippen LogP contribution in [0.3, 0.4) is 0 Å². The van der Waals surface area contributed by atoms with Gasteiger partial charge < -0.3 is 14.8 Å². The predicted octanol–water partition coefficient (Wildman–Crippen LogP) is 3.56. The van der Waals surface area contributed by atoms with E-state index in [9.17, 15) is 9.59 Å². The van der Waals surface area contributed by atoms with E-state index in [-0.39, 0.29) is 18.3 Å². The van der Waals surface area contributed by atoms with E-state index in [1.54, 1.807) is 14.0 Å². The van der Waals surface area contributed by atoms with Gasteiger partial charge in [-0.3, -0.25) is 4.79 Å². The zero-order valence-electron chi connectivity index (χ0n) is 16.4. The topological polar surface area (TPSA) is 64.6 Å². The van der Waals surface area contributed by atoms with Crippen LogP contribution in [0, 0.1) is 12.8 Å². The van der Waals surface area contributed by atoms with Crippen LogP contribution >= 0.6 is 0 Å². The predicted molar refractivity (Wildman–Crippen MR) is 101 cm³/mol. The second-order valence-electron chi connectivity index (χ2n) is 7.17. The van der Waals surface area contributed by atoms with Gasteiger partial charge in [-0.05, 0) is 68.7 Å². The summed E-state index contributed by atoms with van der Waals surface area (Å²) in [6.07, 6.45) is 4.54. The smallest absolute Gasteiger partial charge is 0.331 e. The quantitative estimate of drug-likeness (QED) is 0.754. The van der Waals surface area contributed by atoms with Crippen molar-refractivity contribution in [2.24, 2.45) is 5.92 Å². The lowest BCUT2D eigenvalue weighted by atomic mass is 9.75. The molecule has 0 aromatic heterocycles. The molecule has 1 N–H and O–H groups in total. The molecule has 0 spiro atoms. The first-order valence-electron chi connectivity index (χ1n) is 9.55. The minimum atomic E-state index is -0.876. The summed E-state index contributed by atoms with van der Waals surface area (Å²) in [5, 5.41) is 3.02. The van der Waals surface area contributed by atoms with Gasteiger partial charge in [0.2, 0.25) is 5.91 Å². The van der Waals surface area contributed by atoms with Crippen LogP contribution in [0.25, 0.3) is 0 Å². The molecule has 1 fully saturated rings. The Balaban J connectivity index is 2.10. The third-order valence-corrected chi connectivity index (χ3v) is 5.48. The molecule has 1 aromatic rings. The number of nitrogens with one attached hydrogen (secondary N) is 1. The lowest BCUT2D eigenvalue weighted by molar-refractivity contribution is -0.155. The first kappa shape index (κ1) is 20.3. The van der Waals surface area contributed by atoms with Crippen LogP contribution in [-0.4, -0.2) is 31.1 Å². The van der Waals surface area contributed by atoms with Gasteiger partial charge >= 0.3 is 5.97 Å². The van der Waals surface area contributed by atoms with Gasteiger partial charge in [0.1, 0.15) is 11.3 Å². The maximum Gasteiger partial charge on any atom is 0.331 e. The first-order chi connectivity index (χ1) is 12.4. The number of amides is 1. The second-order valence-corrected chi connectivity index (χ2v) is 7.17. The fourth-order valence-electron chi connectivity index (χ4n) is 3.71. The molecule has 0 unspecified atom stereocenters. The molecule has 0 aliphatic heterocycles. The summed E-state index contributed by atoms with van der Waals surface area (Å²) >= 11 is 0. The monoisotopic (exact) mass is 361 g/mol. The van der Waals surface area contributed by atoms with Gasteiger partial charge in [-0.25, -0.2) is 4.79 Å². The molecule has 1 aromatic carbocycles. The van der Waals surface area contributed by atoms with Gasteiger partial charge in [-0.1, -0.05) is 19.4 Å². The number of rotatable bonds is 7. The molecule has 0 radical (unpaired) electrons. The number of ether oxygens (including phenoxy) is 2. The van der Waals surface area contributed by atoms with Crippen molar-refractivity contribution in [2.75, 3.05) is 13.7 Å². The van der Waals surface area contributed by atoms with Crippen molar-refractivity contribution in [3.05, 3.63) is 29.3 Å². The Bertz CT molecular complexity index is 633. The normalized spacial score (nSPS) is 22.5. The fourth-order valence-corrected chi connectivity index (χ4v) is 3.71. The van der Waals surface area contributed by atoms with E-state index in [2.05, 4.69) is 12.2 Å². The average Bonchev–Trinajstić information content (AvgIpc) is 2.64. The van der Waals surface area contributed by atoms with Crippen molar-refractivity contribution in [3.8, 4) is 5.75 Å². The van der Waals surface area contributed by atoms with Crippen LogP contribution in [0.2, 0.25) is 0 Å². The molecule has 1 aliphatic rings. The van der Waals surface area contributed by atoms with E-state index in [0.29, 0.717) is 25.4 Å². The van der Waals surface area contributed by atoms with E-state index in [1.165, 1.54) is 0 Å². The van der Waals surface area contributed by atoms with Crippen molar-refractivity contribution in [1.29, 1.82) is 0 Å². The molecular formula is C21H31NO4. The Morgan fingerprint density at radius 1 is 1.23 bits per heavy atom. The van der Waals surface area contributed by atoms with Crippen LogP contribution in [-0.2, 0) is 20.7 Å². The molecule has 5 nitrogen and oxygen atoms in total. The number of hydrogen-bond acceptors (Lipinski definition) is 4. The maximum absolute atomic E-state index is 12.7. The summed E-state index contributed by atoms with van der Waals surface area (Å²) in [4.78, 5) is 25.3. The van der Waals surface area contributed by atoms with Crippen molar-refractivity contribution < 1.29 is 19.1 Å². The third-order valence-electron chi connectivity index (χ3n) is 5.48. The number of benzene rings is 1. The fraction of sp³-hybridized carbons (Fsp3) is 0.619. The molecule has 0 saturated heterocycles. The minimum Gasteiger partial charge on any atom is -0.497 e. The lowest BCUT2D eigenvalue weighted by Crippen LogP contribution is -2.57. The number of esters is 1. The van der Waals surface area contributed by atoms with Gasteiger partial charge in [0, 0.05) is 0 Å². The molecular weight excluding hydrogens is 330 g/mol. The summed E-state index contributed by atoms with van der Waals surface area (Å²) in [5.74, 6) is 0.960. The van der Waals surface area contributed by atoms with E-state index in [0.717, 1.165) is 36.1 Å². The summed E-state index contributed by atoms with van der Waals surface area (Å²) in [6.45, 7) is 6.25. The highest BCUT2D eigenvalue weighted by Crippen LogP contribution is 2.35.